The van der Waals surface area contributed by atoms with Gasteiger partial charge in [0.2, 0.25) is 11.8 Å². The summed E-state index contributed by atoms with van der Waals surface area (Å²) in [6.45, 7) is 3.45. The Kier molecular flexibility index (Phi) is 5.19. The van der Waals surface area contributed by atoms with Gasteiger partial charge in [0.15, 0.2) is 5.65 Å². The van der Waals surface area contributed by atoms with Gasteiger partial charge in [-0.3, -0.25) is 9.78 Å². The Labute approximate surface area is 187 Å². The lowest BCUT2D eigenvalue weighted by Gasteiger charge is -2.07. The summed E-state index contributed by atoms with van der Waals surface area (Å²) in [5, 5.41) is 6.81. The molecule has 0 fully saturated rings. The number of fused-ring (bicyclic) bond motifs is 1. The predicted molar refractivity (Wildman–Crippen MR) is 126 cm³/mol. The Balaban J connectivity index is 1.42. The smallest absolute Gasteiger partial charge is 0.247 e. The standard InChI is InChI=1S/C24H17N5O2S/c1-2-21(30)28-17-4-3-5-18(10-17)31-22-13-27-24-23(29-22)19(12-26-24)15-6-7-20(25-11-15)16-8-9-32-14-16/h2-14H,1H2,(H,26,27)(H,28,30). The molecule has 0 atom stereocenters. The average molecular weight is 440 g/mol. The normalized spacial score (nSPS) is 10.8. The summed E-state index contributed by atoms with van der Waals surface area (Å²) in [5.74, 6) is 0.576. The van der Waals surface area contributed by atoms with Crippen LogP contribution in [0.4, 0.5) is 5.69 Å². The largest absolute Gasteiger partial charge is 0.437 e. The second-order valence-electron chi connectivity index (χ2n) is 6.88. The minimum absolute atomic E-state index is 0.293. The van der Waals surface area contributed by atoms with Gasteiger partial charge in [-0.05, 0) is 35.7 Å². The Morgan fingerprint density at radius 1 is 1.12 bits per heavy atom. The van der Waals surface area contributed by atoms with Crippen molar-refractivity contribution >= 4 is 34.1 Å². The number of benzene rings is 1. The van der Waals surface area contributed by atoms with Crippen molar-refractivity contribution < 1.29 is 9.53 Å². The lowest BCUT2D eigenvalue weighted by molar-refractivity contribution is -0.111. The molecule has 0 radical (unpaired) electrons. The maximum Gasteiger partial charge on any atom is 0.247 e. The van der Waals surface area contributed by atoms with E-state index in [1.165, 1.54) is 6.08 Å². The fraction of sp³-hybridized carbons (Fsp3) is 0. The quantitative estimate of drug-likeness (QED) is 0.333. The van der Waals surface area contributed by atoms with Gasteiger partial charge in [0.25, 0.3) is 0 Å². The topological polar surface area (TPSA) is 92.8 Å². The summed E-state index contributed by atoms with van der Waals surface area (Å²) >= 11 is 1.64. The number of thiophene rings is 1. The van der Waals surface area contributed by atoms with Gasteiger partial charge in [0.1, 0.15) is 11.3 Å². The summed E-state index contributed by atoms with van der Waals surface area (Å²) in [6, 6.07) is 13.1. The number of anilines is 1. The molecule has 156 valence electrons. The summed E-state index contributed by atoms with van der Waals surface area (Å²) in [6.07, 6.45) is 6.45. The highest BCUT2D eigenvalue weighted by Crippen LogP contribution is 2.30. The first kappa shape index (κ1) is 19.7. The molecular formula is C24H17N5O2S. The van der Waals surface area contributed by atoms with Crippen LogP contribution in [0.2, 0.25) is 0 Å². The zero-order valence-corrected chi connectivity index (χ0v) is 17.6. The third-order valence-corrected chi connectivity index (χ3v) is 5.44. The van der Waals surface area contributed by atoms with E-state index in [-0.39, 0.29) is 5.91 Å². The van der Waals surface area contributed by atoms with Gasteiger partial charge in [-0.1, -0.05) is 18.7 Å². The second-order valence-corrected chi connectivity index (χ2v) is 7.66. The maximum atomic E-state index is 11.5. The van der Waals surface area contributed by atoms with Crippen molar-refractivity contribution in [3.63, 3.8) is 0 Å². The molecule has 4 heterocycles. The molecule has 0 saturated carbocycles. The number of hydrogen-bond donors (Lipinski definition) is 2. The van der Waals surface area contributed by atoms with E-state index in [0.717, 1.165) is 22.4 Å². The number of aromatic nitrogens is 4. The number of amides is 1. The first-order valence-electron chi connectivity index (χ1n) is 9.74. The molecule has 2 N–H and O–H groups in total. The van der Waals surface area contributed by atoms with Crippen molar-refractivity contribution in [3.05, 3.63) is 84.5 Å². The van der Waals surface area contributed by atoms with E-state index >= 15 is 0 Å². The van der Waals surface area contributed by atoms with Crippen LogP contribution in [0.1, 0.15) is 0 Å². The number of nitrogens with zero attached hydrogens (tertiary/aromatic N) is 3. The molecule has 8 heteroatoms. The predicted octanol–water partition coefficient (Wildman–Crippen LogP) is 5.67. The number of aromatic amines is 1. The molecule has 1 amide bonds. The number of pyridine rings is 1. The van der Waals surface area contributed by atoms with E-state index in [1.54, 1.807) is 41.8 Å². The minimum atomic E-state index is -0.293. The van der Waals surface area contributed by atoms with Crippen molar-refractivity contribution in [2.45, 2.75) is 0 Å². The summed E-state index contributed by atoms with van der Waals surface area (Å²) in [5.41, 5.74) is 5.77. The molecule has 0 unspecified atom stereocenters. The van der Waals surface area contributed by atoms with Crippen molar-refractivity contribution in [3.8, 4) is 34.0 Å². The number of carbonyl (C=O) groups excluding carboxylic acids is 1. The number of rotatable bonds is 6. The van der Waals surface area contributed by atoms with Crippen LogP contribution >= 0.6 is 11.3 Å². The summed E-state index contributed by atoms with van der Waals surface area (Å²) in [4.78, 5) is 28.3. The van der Waals surface area contributed by atoms with Crippen LogP contribution in [-0.4, -0.2) is 25.8 Å². The van der Waals surface area contributed by atoms with E-state index in [1.807, 2.05) is 36.0 Å². The van der Waals surface area contributed by atoms with Gasteiger partial charge >= 0.3 is 0 Å². The van der Waals surface area contributed by atoms with Crippen molar-refractivity contribution in [1.82, 2.24) is 19.9 Å². The fourth-order valence-corrected chi connectivity index (χ4v) is 3.88. The maximum absolute atomic E-state index is 11.5. The van der Waals surface area contributed by atoms with Crippen LogP contribution in [0.3, 0.4) is 0 Å². The van der Waals surface area contributed by atoms with Crippen LogP contribution in [0.15, 0.2) is 84.5 Å². The highest BCUT2D eigenvalue weighted by atomic mass is 32.1. The first-order chi connectivity index (χ1) is 15.7. The van der Waals surface area contributed by atoms with E-state index < -0.39 is 0 Å². The zero-order valence-electron chi connectivity index (χ0n) is 16.8. The third kappa shape index (κ3) is 3.99. The third-order valence-electron chi connectivity index (χ3n) is 4.76. The molecule has 7 nitrogen and oxygen atoms in total. The summed E-state index contributed by atoms with van der Waals surface area (Å²) in [7, 11) is 0. The van der Waals surface area contributed by atoms with Crippen LogP contribution in [0.25, 0.3) is 33.5 Å². The molecule has 0 aliphatic heterocycles. The van der Waals surface area contributed by atoms with Gasteiger partial charge in [-0.25, -0.2) is 9.97 Å². The van der Waals surface area contributed by atoms with Crippen molar-refractivity contribution in [1.29, 1.82) is 0 Å². The van der Waals surface area contributed by atoms with E-state index in [0.29, 0.717) is 28.5 Å². The number of ether oxygens (including phenoxy) is 1. The van der Waals surface area contributed by atoms with Gasteiger partial charge < -0.3 is 15.0 Å². The zero-order chi connectivity index (χ0) is 21.9. The van der Waals surface area contributed by atoms with Crippen LogP contribution in [-0.2, 0) is 4.79 Å². The molecule has 32 heavy (non-hydrogen) atoms. The number of nitrogens with one attached hydrogen (secondary N) is 2. The minimum Gasteiger partial charge on any atom is -0.437 e. The monoisotopic (exact) mass is 439 g/mol. The van der Waals surface area contributed by atoms with Crippen LogP contribution in [0, 0.1) is 0 Å². The summed E-state index contributed by atoms with van der Waals surface area (Å²) < 4.78 is 5.89. The number of hydrogen-bond acceptors (Lipinski definition) is 6. The molecule has 5 rings (SSSR count). The van der Waals surface area contributed by atoms with Crippen LogP contribution in [0.5, 0.6) is 11.6 Å². The molecule has 0 saturated heterocycles. The highest BCUT2D eigenvalue weighted by Gasteiger charge is 2.12. The van der Waals surface area contributed by atoms with Gasteiger partial charge in [-0.15, -0.1) is 0 Å². The number of H-pyrrole nitrogens is 1. The fourth-order valence-electron chi connectivity index (χ4n) is 3.23. The Morgan fingerprint density at radius 2 is 2.06 bits per heavy atom. The van der Waals surface area contributed by atoms with Crippen molar-refractivity contribution in [2.24, 2.45) is 0 Å². The molecular weight excluding hydrogens is 422 g/mol. The Bertz CT molecular complexity index is 1410. The van der Waals surface area contributed by atoms with E-state index in [2.05, 4.69) is 37.2 Å². The Hall–Kier alpha value is -4.30. The van der Waals surface area contributed by atoms with Gasteiger partial charge in [-0.2, -0.15) is 11.3 Å². The van der Waals surface area contributed by atoms with Gasteiger partial charge in [0.05, 0.1) is 11.9 Å². The van der Waals surface area contributed by atoms with Crippen LogP contribution < -0.4 is 10.1 Å². The molecule has 0 spiro atoms. The number of carbonyl (C=O) groups is 1. The Morgan fingerprint density at radius 3 is 2.84 bits per heavy atom. The van der Waals surface area contributed by atoms with Crippen molar-refractivity contribution in [2.75, 3.05) is 5.32 Å². The SMILES string of the molecule is C=CC(=O)Nc1cccc(Oc2cnc3[nH]cc(-c4ccc(-c5ccsc5)nc4)c3n2)c1. The first-order valence-corrected chi connectivity index (χ1v) is 10.7. The molecule has 1 aromatic carbocycles. The molecule has 5 aromatic rings. The molecule has 0 aliphatic carbocycles. The molecule has 0 bridgehead atoms. The lowest BCUT2D eigenvalue weighted by Crippen LogP contribution is -2.07. The average Bonchev–Trinajstić information content (AvgIpc) is 3.50. The lowest BCUT2D eigenvalue weighted by atomic mass is 10.1. The second kappa shape index (κ2) is 8.44. The van der Waals surface area contributed by atoms with E-state index in [4.69, 9.17) is 4.74 Å². The van der Waals surface area contributed by atoms with Gasteiger partial charge in [0, 0.05) is 46.2 Å². The van der Waals surface area contributed by atoms with E-state index in [9.17, 15) is 4.79 Å². The molecule has 4 aromatic heterocycles. The molecule has 0 aliphatic rings. The highest BCUT2D eigenvalue weighted by molar-refractivity contribution is 7.08.